The molecule has 3 N–H and O–H groups in total. The molecule has 1 aromatic carbocycles. The van der Waals surface area contributed by atoms with Crippen LogP contribution in [0.2, 0.25) is 0 Å². The highest BCUT2D eigenvalue weighted by molar-refractivity contribution is 5.84. The van der Waals surface area contributed by atoms with Crippen LogP contribution in [0.4, 0.5) is 16.2 Å². The van der Waals surface area contributed by atoms with Gasteiger partial charge >= 0.3 is 11.9 Å². The molecule has 0 saturated carbocycles. The SMILES string of the molecule is CNc1nc(N)nc2c1ncn2C1O[C@H](COC(=O)Cc2ccccc2)C(OC(=O)C(C)C)C1(C)F. The molecule has 0 aliphatic carbocycles. The average molecular weight is 501 g/mol. The highest BCUT2D eigenvalue weighted by atomic mass is 19.1. The predicted molar refractivity (Wildman–Crippen MR) is 129 cm³/mol. The standard InChI is InChI=1S/C24H29FN6O5/c1-13(2)21(33)36-18-15(11-34-16(32)10-14-8-6-5-7-9-14)35-22(24(18,3)25)31-12-28-17-19(27-4)29-23(26)30-20(17)31/h5-9,12-13,15,18,22H,10-11H2,1-4H3,(H3,26,27,29,30)/t15-,18?,22?,24?/m1/s1. The number of carbonyl (C=O) groups is 2. The second kappa shape index (κ2) is 10.1. The number of halogens is 1. The largest absolute Gasteiger partial charge is 0.463 e. The fraction of sp³-hybridized carbons (Fsp3) is 0.458. The van der Waals surface area contributed by atoms with Crippen LogP contribution in [-0.4, -0.2) is 63.0 Å². The van der Waals surface area contributed by atoms with Crippen LogP contribution >= 0.6 is 0 Å². The molecular formula is C24H29FN6O5. The van der Waals surface area contributed by atoms with Crippen LogP contribution in [0, 0.1) is 5.92 Å². The van der Waals surface area contributed by atoms with E-state index in [1.807, 2.05) is 18.2 Å². The molecule has 3 aromatic rings. The number of imidazole rings is 1. The molecule has 0 bridgehead atoms. The molecule has 1 fully saturated rings. The minimum atomic E-state index is -2.23. The summed E-state index contributed by atoms with van der Waals surface area (Å²) in [6, 6.07) is 9.07. The Balaban J connectivity index is 1.61. The van der Waals surface area contributed by atoms with E-state index in [1.54, 1.807) is 33.0 Å². The normalized spacial score (nSPS) is 23.7. The number of benzene rings is 1. The molecule has 0 radical (unpaired) electrons. The fourth-order valence-corrected chi connectivity index (χ4v) is 4.06. The van der Waals surface area contributed by atoms with E-state index in [1.165, 1.54) is 17.8 Å². The zero-order valence-electron chi connectivity index (χ0n) is 20.5. The summed E-state index contributed by atoms with van der Waals surface area (Å²) in [5, 5.41) is 2.88. The Morgan fingerprint density at radius 3 is 2.67 bits per heavy atom. The Morgan fingerprint density at radius 2 is 2.00 bits per heavy atom. The van der Waals surface area contributed by atoms with Crippen molar-refractivity contribution in [3.8, 4) is 0 Å². The average Bonchev–Trinajstić information content (AvgIpc) is 3.35. The number of rotatable bonds is 8. The summed E-state index contributed by atoms with van der Waals surface area (Å²) in [6.45, 7) is 4.23. The number of nitrogen functional groups attached to an aromatic ring is 1. The van der Waals surface area contributed by atoms with Crippen LogP contribution in [0.3, 0.4) is 0 Å². The lowest BCUT2D eigenvalue weighted by Crippen LogP contribution is -2.45. The van der Waals surface area contributed by atoms with Crippen molar-refractivity contribution in [1.29, 1.82) is 0 Å². The van der Waals surface area contributed by atoms with Crippen LogP contribution in [0.5, 0.6) is 0 Å². The Morgan fingerprint density at radius 1 is 1.28 bits per heavy atom. The van der Waals surface area contributed by atoms with Crippen molar-refractivity contribution in [3.63, 3.8) is 0 Å². The van der Waals surface area contributed by atoms with Crippen molar-refractivity contribution >= 4 is 34.9 Å². The second-order valence-electron chi connectivity index (χ2n) is 9.04. The van der Waals surface area contributed by atoms with E-state index in [4.69, 9.17) is 19.9 Å². The van der Waals surface area contributed by atoms with Crippen molar-refractivity contribution < 1.29 is 28.2 Å². The van der Waals surface area contributed by atoms with Gasteiger partial charge in [-0.1, -0.05) is 44.2 Å². The number of ether oxygens (including phenoxy) is 3. The van der Waals surface area contributed by atoms with Gasteiger partial charge in [0, 0.05) is 7.05 Å². The number of nitrogens with two attached hydrogens (primary N) is 1. The summed E-state index contributed by atoms with van der Waals surface area (Å²) in [6.07, 6.45) is -2.35. The number of aromatic nitrogens is 4. The summed E-state index contributed by atoms with van der Waals surface area (Å²) >= 11 is 0. The van der Waals surface area contributed by atoms with Gasteiger partial charge in [0.05, 0.1) is 18.7 Å². The Hall–Kier alpha value is -3.80. The molecule has 3 heterocycles. The first-order chi connectivity index (χ1) is 17.1. The Labute approximate surface area is 207 Å². The molecule has 1 saturated heterocycles. The van der Waals surface area contributed by atoms with Crippen LogP contribution in [-0.2, 0) is 30.2 Å². The van der Waals surface area contributed by atoms with Gasteiger partial charge in [0.2, 0.25) is 5.95 Å². The van der Waals surface area contributed by atoms with Gasteiger partial charge in [0.1, 0.15) is 12.7 Å². The summed E-state index contributed by atoms with van der Waals surface area (Å²) in [7, 11) is 1.65. The smallest absolute Gasteiger partial charge is 0.310 e. The van der Waals surface area contributed by atoms with E-state index in [-0.39, 0.29) is 24.6 Å². The van der Waals surface area contributed by atoms with E-state index in [0.717, 1.165) is 5.56 Å². The van der Waals surface area contributed by atoms with E-state index in [9.17, 15) is 9.59 Å². The second-order valence-corrected chi connectivity index (χ2v) is 9.04. The van der Waals surface area contributed by atoms with Crippen LogP contribution in [0.1, 0.15) is 32.6 Å². The lowest BCUT2D eigenvalue weighted by Gasteiger charge is -2.28. The number of fused-ring (bicyclic) bond motifs is 1. The zero-order chi connectivity index (χ0) is 26.0. The van der Waals surface area contributed by atoms with Gasteiger partial charge in [-0.15, -0.1) is 0 Å². The number of hydrogen-bond acceptors (Lipinski definition) is 10. The van der Waals surface area contributed by atoms with Crippen LogP contribution in [0.25, 0.3) is 11.2 Å². The highest BCUT2D eigenvalue weighted by Crippen LogP contribution is 2.44. The number of anilines is 2. The van der Waals surface area contributed by atoms with Gasteiger partial charge in [-0.2, -0.15) is 9.97 Å². The monoisotopic (exact) mass is 500 g/mol. The van der Waals surface area contributed by atoms with E-state index >= 15 is 4.39 Å². The number of carbonyl (C=O) groups excluding carboxylic acids is 2. The summed E-state index contributed by atoms with van der Waals surface area (Å²) in [5.74, 6) is -1.30. The first kappa shape index (κ1) is 25.3. The maximum Gasteiger partial charge on any atom is 0.310 e. The van der Waals surface area contributed by atoms with E-state index in [0.29, 0.717) is 11.3 Å². The number of hydrogen-bond donors (Lipinski definition) is 2. The Kier molecular flexibility index (Phi) is 7.07. The van der Waals surface area contributed by atoms with Gasteiger partial charge in [-0.3, -0.25) is 14.2 Å². The van der Waals surface area contributed by atoms with Gasteiger partial charge in [-0.05, 0) is 12.5 Å². The molecular weight excluding hydrogens is 471 g/mol. The number of alkyl halides is 1. The summed E-state index contributed by atoms with van der Waals surface area (Å²) in [5.41, 5.74) is 4.97. The van der Waals surface area contributed by atoms with Crippen molar-refractivity contribution in [1.82, 2.24) is 19.5 Å². The fourth-order valence-electron chi connectivity index (χ4n) is 4.06. The van der Waals surface area contributed by atoms with Gasteiger partial charge in [0.15, 0.2) is 35.0 Å². The first-order valence-electron chi connectivity index (χ1n) is 11.5. The summed E-state index contributed by atoms with van der Waals surface area (Å²) < 4.78 is 34.7. The topological polar surface area (TPSA) is 143 Å². The van der Waals surface area contributed by atoms with Gasteiger partial charge < -0.3 is 25.3 Å². The molecule has 2 aromatic heterocycles. The zero-order valence-corrected chi connectivity index (χ0v) is 20.5. The molecule has 11 nitrogen and oxygen atoms in total. The molecule has 3 unspecified atom stereocenters. The summed E-state index contributed by atoms with van der Waals surface area (Å²) in [4.78, 5) is 37.4. The number of nitrogens with zero attached hydrogens (tertiary/aromatic N) is 4. The molecule has 4 rings (SSSR count). The lowest BCUT2D eigenvalue weighted by molar-refractivity contribution is -0.164. The number of nitrogens with one attached hydrogen (secondary N) is 1. The van der Waals surface area contributed by atoms with E-state index in [2.05, 4.69) is 20.3 Å². The maximum atomic E-state index is 16.4. The minimum Gasteiger partial charge on any atom is -0.463 e. The molecule has 12 heteroatoms. The molecule has 36 heavy (non-hydrogen) atoms. The molecule has 1 aliphatic rings. The van der Waals surface area contributed by atoms with Gasteiger partial charge in [0.25, 0.3) is 0 Å². The van der Waals surface area contributed by atoms with Crippen molar-refractivity contribution in [2.45, 2.75) is 51.3 Å². The molecule has 192 valence electrons. The number of esters is 2. The third kappa shape index (κ3) is 4.94. The molecule has 4 atom stereocenters. The third-order valence-corrected chi connectivity index (χ3v) is 5.92. The lowest BCUT2D eigenvalue weighted by atomic mass is 9.98. The minimum absolute atomic E-state index is 0.0372. The van der Waals surface area contributed by atoms with Crippen LogP contribution < -0.4 is 11.1 Å². The maximum absolute atomic E-state index is 16.4. The molecule has 0 amide bonds. The van der Waals surface area contributed by atoms with Crippen molar-refractivity contribution in [2.75, 3.05) is 24.7 Å². The van der Waals surface area contributed by atoms with Crippen molar-refractivity contribution in [2.24, 2.45) is 5.92 Å². The quantitative estimate of drug-likeness (QED) is 0.443. The highest BCUT2D eigenvalue weighted by Gasteiger charge is 2.58. The Bertz CT molecular complexity index is 1250. The third-order valence-electron chi connectivity index (χ3n) is 5.92. The predicted octanol–water partition coefficient (Wildman–Crippen LogP) is 2.43. The molecule has 1 aliphatic heterocycles. The van der Waals surface area contributed by atoms with Crippen LogP contribution in [0.15, 0.2) is 36.7 Å². The molecule has 0 spiro atoms. The first-order valence-corrected chi connectivity index (χ1v) is 11.5. The van der Waals surface area contributed by atoms with Crippen molar-refractivity contribution in [3.05, 3.63) is 42.2 Å². The van der Waals surface area contributed by atoms with Gasteiger partial charge in [-0.25, -0.2) is 9.37 Å². The van der Waals surface area contributed by atoms with E-state index < -0.39 is 42.0 Å².